The van der Waals surface area contributed by atoms with Crippen molar-refractivity contribution in [1.82, 2.24) is 14.9 Å². The zero-order valence-corrected chi connectivity index (χ0v) is 17.6. The topological polar surface area (TPSA) is 75.3 Å². The molecule has 4 rings (SSSR count). The summed E-state index contributed by atoms with van der Waals surface area (Å²) in [6.07, 6.45) is 1.56. The minimum Gasteiger partial charge on any atom is -0.466 e. The smallest absolute Gasteiger partial charge is 0.309 e. The number of thiophene rings is 1. The Hall–Kier alpha value is -2.51. The van der Waals surface area contributed by atoms with Crippen LogP contribution in [0.4, 0.5) is 0 Å². The molecule has 1 N–H and O–H groups in total. The number of carbonyl (C=O) groups is 1. The number of hydrogen-bond acceptors (Lipinski definition) is 6. The van der Waals surface area contributed by atoms with Gasteiger partial charge in [0, 0.05) is 10.9 Å². The summed E-state index contributed by atoms with van der Waals surface area (Å²) in [6, 6.07) is 8.18. The van der Waals surface area contributed by atoms with Crippen LogP contribution in [0.3, 0.4) is 0 Å². The molecule has 6 nitrogen and oxygen atoms in total. The highest BCUT2D eigenvalue weighted by Gasteiger charge is 2.26. The summed E-state index contributed by atoms with van der Waals surface area (Å²) < 4.78 is 5.13. The predicted octanol–water partition coefficient (Wildman–Crippen LogP) is 3.74. The predicted molar refractivity (Wildman–Crippen MR) is 115 cm³/mol. The van der Waals surface area contributed by atoms with Crippen LogP contribution in [0.1, 0.15) is 31.2 Å². The first-order valence-corrected chi connectivity index (χ1v) is 10.9. The van der Waals surface area contributed by atoms with E-state index < -0.39 is 0 Å². The highest BCUT2D eigenvalue weighted by molar-refractivity contribution is 7.17. The summed E-state index contributed by atoms with van der Waals surface area (Å²) in [5, 5.41) is 2.66. The Balaban J connectivity index is 1.50. The van der Waals surface area contributed by atoms with Crippen LogP contribution in [0.25, 0.3) is 21.3 Å². The van der Waals surface area contributed by atoms with E-state index in [0.29, 0.717) is 24.4 Å². The van der Waals surface area contributed by atoms with Gasteiger partial charge in [0.1, 0.15) is 10.7 Å². The van der Waals surface area contributed by atoms with E-state index in [2.05, 4.69) is 22.0 Å². The third-order valence-corrected chi connectivity index (χ3v) is 6.31. The number of nitrogens with zero attached hydrogens (tertiary/aromatic N) is 2. The Morgan fingerprint density at radius 3 is 2.69 bits per heavy atom. The van der Waals surface area contributed by atoms with Crippen LogP contribution in [-0.2, 0) is 16.1 Å². The van der Waals surface area contributed by atoms with Crippen molar-refractivity contribution in [2.75, 3.05) is 19.7 Å². The summed E-state index contributed by atoms with van der Waals surface area (Å²) in [4.78, 5) is 35.4. The highest BCUT2D eigenvalue weighted by atomic mass is 32.1. The van der Waals surface area contributed by atoms with Crippen molar-refractivity contribution in [2.45, 2.75) is 33.2 Å². The quantitative estimate of drug-likeness (QED) is 0.648. The number of aromatic amines is 1. The Morgan fingerprint density at radius 1 is 1.28 bits per heavy atom. The molecular formula is C22H25N3O3S. The number of likely N-dealkylation sites (tertiary alicyclic amines) is 1. The van der Waals surface area contributed by atoms with E-state index >= 15 is 0 Å². The summed E-state index contributed by atoms with van der Waals surface area (Å²) in [6.45, 7) is 6.48. The molecule has 2 aromatic heterocycles. The van der Waals surface area contributed by atoms with Crippen molar-refractivity contribution in [3.05, 3.63) is 51.4 Å². The lowest BCUT2D eigenvalue weighted by Crippen LogP contribution is -2.37. The zero-order valence-electron chi connectivity index (χ0n) is 16.7. The van der Waals surface area contributed by atoms with E-state index in [4.69, 9.17) is 9.72 Å². The molecule has 1 saturated heterocycles. The minimum absolute atomic E-state index is 0.0185. The van der Waals surface area contributed by atoms with Gasteiger partial charge in [-0.2, -0.15) is 0 Å². The molecule has 0 radical (unpaired) electrons. The molecule has 3 aromatic rings. The van der Waals surface area contributed by atoms with Crippen LogP contribution in [0.5, 0.6) is 0 Å². The first-order chi connectivity index (χ1) is 14.0. The molecule has 1 aromatic carbocycles. The third kappa shape index (κ3) is 4.26. The molecule has 1 aliphatic rings. The van der Waals surface area contributed by atoms with Gasteiger partial charge in [-0.05, 0) is 45.3 Å². The molecule has 0 amide bonds. The number of carbonyl (C=O) groups excluding carboxylic acids is 1. The van der Waals surface area contributed by atoms with Crippen molar-refractivity contribution in [2.24, 2.45) is 5.92 Å². The van der Waals surface area contributed by atoms with E-state index in [0.717, 1.165) is 41.9 Å². The van der Waals surface area contributed by atoms with Crippen LogP contribution in [-0.4, -0.2) is 40.5 Å². The van der Waals surface area contributed by atoms with Crippen molar-refractivity contribution < 1.29 is 9.53 Å². The van der Waals surface area contributed by atoms with Gasteiger partial charge in [0.15, 0.2) is 0 Å². The number of hydrogen-bond donors (Lipinski definition) is 1. The van der Waals surface area contributed by atoms with Crippen LogP contribution < -0.4 is 5.56 Å². The lowest BCUT2D eigenvalue weighted by molar-refractivity contribution is -0.149. The SMILES string of the molecule is CCOC(=O)C1CCN(Cc2nc3scc(-c4ccc(C)cc4)c3c(=O)[nH]2)CC1. The molecule has 0 unspecified atom stereocenters. The molecule has 7 heteroatoms. The summed E-state index contributed by atoms with van der Waals surface area (Å²) in [7, 11) is 0. The van der Waals surface area contributed by atoms with Gasteiger partial charge in [-0.3, -0.25) is 14.5 Å². The molecule has 0 saturated carbocycles. The summed E-state index contributed by atoms with van der Waals surface area (Å²) in [5.41, 5.74) is 3.06. The van der Waals surface area contributed by atoms with Crippen molar-refractivity contribution >= 4 is 27.5 Å². The Morgan fingerprint density at radius 2 is 2.00 bits per heavy atom. The van der Waals surface area contributed by atoms with Gasteiger partial charge in [-0.1, -0.05) is 29.8 Å². The maximum absolute atomic E-state index is 12.8. The number of piperidine rings is 1. The molecule has 1 fully saturated rings. The number of nitrogens with one attached hydrogen (secondary N) is 1. The maximum Gasteiger partial charge on any atom is 0.309 e. The van der Waals surface area contributed by atoms with Crippen LogP contribution in [0.15, 0.2) is 34.4 Å². The third-order valence-electron chi connectivity index (χ3n) is 5.44. The summed E-state index contributed by atoms with van der Waals surface area (Å²) >= 11 is 1.50. The van der Waals surface area contributed by atoms with Gasteiger partial charge in [0.25, 0.3) is 5.56 Å². The van der Waals surface area contributed by atoms with Gasteiger partial charge in [-0.25, -0.2) is 4.98 Å². The number of benzene rings is 1. The van der Waals surface area contributed by atoms with Crippen LogP contribution in [0.2, 0.25) is 0 Å². The number of rotatable bonds is 5. The fourth-order valence-corrected chi connectivity index (χ4v) is 4.78. The Labute approximate surface area is 173 Å². The molecule has 3 heterocycles. The Bertz CT molecular complexity index is 1060. The maximum atomic E-state index is 12.8. The molecule has 152 valence electrons. The Kier molecular flexibility index (Phi) is 5.78. The monoisotopic (exact) mass is 411 g/mol. The highest BCUT2D eigenvalue weighted by Crippen LogP contribution is 2.31. The van der Waals surface area contributed by atoms with Crippen LogP contribution in [0, 0.1) is 12.8 Å². The van der Waals surface area contributed by atoms with Crippen molar-refractivity contribution in [3.63, 3.8) is 0 Å². The van der Waals surface area contributed by atoms with Crippen molar-refractivity contribution in [1.29, 1.82) is 0 Å². The molecule has 0 aliphatic carbocycles. The van der Waals surface area contributed by atoms with Gasteiger partial charge in [0.2, 0.25) is 0 Å². The fourth-order valence-electron chi connectivity index (χ4n) is 3.81. The van der Waals surface area contributed by atoms with Crippen molar-refractivity contribution in [3.8, 4) is 11.1 Å². The standard InChI is InChI=1S/C22H25N3O3S/c1-3-28-22(27)16-8-10-25(11-9-16)12-18-23-20(26)19-17(13-29-21(19)24-18)15-6-4-14(2)5-7-15/h4-7,13,16H,3,8-12H2,1-2H3,(H,23,24,26). The summed E-state index contributed by atoms with van der Waals surface area (Å²) in [5.74, 6) is 0.562. The number of H-pyrrole nitrogens is 1. The molecule has 0 atom stereocenters. The number of ether oxygens (including phenoxy) is 1. The van der Waals surface area contributed by atoms with Gasteiger partial charge < -0.3 is 9.72 Å². The average Bonchev–Trinajstić information content (AvgIpc) is 3.14. The van der Waals surface area contributed by atoms with Crippen LogP contribution >= 0.6 is 11.3 Å². The fraction of sp³-hybridized carbons (Fsp3) is 0.409. The number of fused-ring (bicyclic) bond motifs is 1. The minimum atomic E-state index is -0.0951. The first-order valence-electron chi connectivity index (χ1n) is 10.0. The lowest BCUT2D eigenvalue weighted by Gasteiger charge is -2.30. The number of aromatic nitrogens is 2. The molecule has 1 aliphatic heterocycles. The number of esters is 1. The van der Waals surface area contributed by atoms with E-state index in [1.165, 1.54) is 16.9 Å². The van der Waals surface area contributed by atoms with Gasteiger partial charge in [0.05, 0.1) is 24.5 Å². The number of aryl methyl sites for hydroxylation is 1. The van der Waals surface area contributed by atoms with E-state index in [9.17, 15) is 9.59 Å². The first kappa shape index (κ1) is 19.8. The molecule has 29 heavy (non-hydrogen) atoms. The van der Waals surface area contributed by atoms with E-state index in [1.54, 1.807) is 0 Å². The zero-order chi connectivity index (χ0) is 20.4. The van der Waals surface area contributed by atoms with Gasteiger partial charge >= 0.3 is 5.97 Å². The largest absolute Gasteiger partial charge is 0.466 e. The average molecular weight is 412 g/mol. The molecular weight excluding hydrogens is 386 g/mol. The molecule has 0 bridgehead atoms. The normalized spacial score (nSPS) is 15.7. The lowest BCUT2D eigenvalue weighted by atomic mass is 9.97. The second kappa shape index (κ2) is 8.47. The van der Waals surface area contributed by atoms with E-state index in [-0.39, 0.29) is 17.4 Å². The van der Waals surface area contributed by atoms with Gasteiger partial charge in [-0.15, -0.1) is 11.3 Å². The second-order valence-electron chi connectivity index (χ2n) is 7.51. The second-order valence-corrected chi connectivity index (χ2v) is 8.37. The molecule has 0 spiro atoms. The van der Waals surface area contributed by atoms with E-state index in [1.807, 2.05) is 31.4 Å².